The molecule has 0 atom stereocenters. The van der Waals surface area contributed by atoms with E-state index in [4.69, 9.17) is 4.98 Å². The fraction of sp³-hybridized carbons (Fsp3) is 0.200. The van der Waals surface area contributed by atoms with Crippen molar-refractivity contribution in [1.29, 1.82) is 0 Å². The van der Waals surface area contributed by atoms with Gasteiger partial charge in [0.05, 0.1) is 26.4 Å². The molecule has 5 aromatic rings. The number of thiazole rings is 1. The van der Waals surface area contributed by atoms with Crippen molar-refractivity contribution in [2.45, 2.75) is 31.2 Å². The van der Waals surface area contributed by atoms with Gasteiger partial charge in [-0.05, 0) is 61.3 Å². The Hall–Kier alpha value is -3.28. The molecule has 6 rings (SSSR count). The Balaban J connectivity index is 0.00000337. The Morgan fingerprint density at radius 3 is 2.49 bits per heavy atom. The molecule has 3 aromatic carbocycles. The number of thiophene rings is 1. The molecule has 1 aliphatic rings. The molecular weight excluding hydrogens is 596 g/mol. The van der Waals surface area contributed by atoms with Gasteiger partial charge in [-0.1, -0.05) is 49.4 Å². The standard InChI is InChI=1S/C30H28N4O3S3.ClH/c1-2-17-34-18-16-22-26(19-34)39-30(27(22)29-31-24-14-8-9-15-25(24)38-29)32-28(35)21-12-6-7-13-23(21)33-40(36,37)20-10-4-3-5-11-20;/h3-15,33H,2,16-19H2,1H3,(H,32,35);1H. The van der Waals surface area contributed by atoms with Crippen molar-refractivity contribution in [3.63, 3.8) is 0 Å². The topological polar surface area (TPSA) is 91.4 Å². The van der Waals surface area contributed by atoms with Gasteiger partial charge >= 0.3 is 0 Å². The average Bonchev–Trinajstić information content (AvgIpc) is 3.54. The molecular formula is C30H29ClN4O3S3. The Morgan fingerprint density at radius 1 is 0.976 bits per heavy atom. The zero-order chi connectivity index (χ0) is 27.7. The third-order valence-electron chi connectivity index (χ3n) is 6.88. The Kier molecular flexibility index (Phi) is 8.77. The highest BCUT2D eigenvalue weighted by Gasteiger charge is 2.28. The number of carbonyl (C=O) groups is 1. The average molecular weight is 625 g/mol. The number of amides is 1. The van der Waals surface area contributed by atoms with Crippen LogP contribution in [0.2, 0.25) is 0 Å². The summed E-state index contributed by atoms with van der Waals surface area (Å²) < 4.78 is 29.7. The van der Waals surface area contributed by atoms with E-state index in [1.54, 1.807) is 65.1 Å². The lowest BCUT2D eigenvalue weighted by Crippen LogP contribution is -2.30. The van der Waals surface area contributed by atoms with Crippen molar-refractivity contribution < 1.29 is 13.2 Å². The number of nitrogens with one attached hydrogen (secondary N) is 2. The predicted molar refractivity (Wildman–Crippen MR) is 171 cm³/mol. The SMILES string of the molecule is CCCN1CCc2c(sc(NC(=O)c3ccccc3NS(=O)(=O)c3ccccc3)c2-c2nc3ccccc3s2)C1.Cl. The van der Waals surface area contributed by atoms with Crippen molar-refractivity contribution in [3.8, 4) is 10.6 Å². The third-order valence-corrected chi connectivity index (χ3v) is 10.4. The summed E-state index contributed by atoms with van der Waals surface area (Å²) in [4.78, 5) is 22.5. The number of anilines is 2. The van der Waals surface area contributed by atoms with E-state index in [9.17, 15) is 13.2 Å². The lowest BCUT2D eigenvalue weighted by atomic mass is 10.0. The minimum absolute atomic E-state index is 0. The summed E-state index contributed by atoms with van der Waals surface area (Å²) in [6.07, 6.45) is 1.98. The number of halogens is 1. The van der Waals surface area contributed by atoms with Crippen LogP contribution in [0.4, 0.5) is 10.7 Å². The van der Waals surface area contributed by atoms with Gasteiger partial charge in [0.25, 0.3) is 15.9 Å². The number of para-hydroxylation sites is 2. The van der Waals surface area contributed by atoms with E-state index in [1.165, 1.54) is 22.6 Å². The molecule has 1 aliphatic heterocycles. The summed E-state index contributed by atoms with van der Waals surface area (Å²) in [7, 11) is -3.86. The molecule has 2 N–H and O–H groups in total. The molecule has 0 saturated heterocycles. The molecule has 1 amide bonds. The van der Waals surface area contributed by atoms with Crippen LogP contribution >= 0.6 is 35.1 Å². The molecule has 0 aliphatic carbocycles. The summed E-state index contributed by atoms with van der Waals surface area (Å²) in [6, 6.07) is 22.8. The monoisotopic (exact) mass is 624 g/mol. The van der Waals surface area contributed by atoms with Crippen LogP contribution in [0.3, 0.4) is 0 Å². The Morgan fingerprint density at radius 2 is 1.71 bits per heavy atom. The van der Waals surface area contributed by atoms with Gasteiger partial charge in [-0.2, -0.15) is 0 Å². The lowest BCUT2D eigenvalue weighted by Gasteiger charge is -2.26. The first-order chi connectivity index (χ1) is 19.4. The largest absolute Gasteiger partial charge is 0.313 e. The van der Waals surface area contributed by atoms with E-state index in [0.29, 0.717) is 0 Å². The Bertz CT molecular complexity index is 1770. The van der Waals surface area contributed by atoms with Gasteiger partial charge < -0.3 is 5.32 Å². The van der Waals surface area contributed by atoms with Crippen molar-refractivity contribution in [2.24, 2.45) is 0 Å². The van der Waals surface area contributed by atoms with Crippen LogP contribution in [-0.4, -0.2) is 37.3 Å². The van der Waals surface area contributed by atoms with Crippen molar-refractivity contribution >= 4 is 71.9 Å². The summed E-state index contributed by atoms with van der Waals surface area (Å²) in [6.45, 7) is 5.03. The van der Waals surface area contributed by atoms with E-state index >= 15 is 0 Å². The number of hydrogen-bond donors (Lipinski definition) is 2. The van der Waals surface area contributed by atoms with Crippen LogP contribution < -0.4 is 10.0 Å². The van der Waals surface area contributed by atoms with Gasteiger partial charge in [0.2, 0.25) is 0 Å². The van der Waals surface area contributed by atoms with Gasteiger partial charge in [0, 0.05) is 23.5 Å². The molecule has 11 heteroatoms. The van der Waals surface area contributed by atoms with E-state index in [1.807, 2.05) is 18.2 Å². The van der Waals surface area contributed by atoms with Crippen LogP contribution in [-0.2, 0) is 23.0 Å². The fourth-order valence-corrected chi connectivity index (χ4v) is 8.50. The van der Waals surface area contributed by atoms with Gasteiger partial charge in [-0.25, -0.2) is 13.4 Å². The molecule has 2 aromatic heterocycles. The second-order valence-electron chi connectivity index (χ2n) is 9.64. The molecule has 7 nitrogen and oxygen atoms in total. The first kappa shape index (κ1) is 29.2. The van der Waals surface area contributed by atoms with Crippen molar-refractivity contribution in [3.05, 3.63) is 94.9 Å². The number of carbonyl (C=O) groups excluding carboxylic acids is 1. The highest BCUT2D eigenvalue weighted by Crippen LogP contribution is 2.46. The molecule has 0 radical (unpaired) electrons. The summed E-state index contributed by atoms with van der Waals surface area (Å²) >= 11 is 3.21. The van der Waals surface area contributed by atoms with E-state index in [0.717, 1.165) is 58.3 Å². The number of hydrogen-bond acceptors (Lipinski definition) is 7. The summed E-state index contributed by atoms with van der Waals surface area (Å²) in [5, 5.41) is 4.76. The summed E-state index contributed by atoms with van der Waals surface area (Å²) in [5.74, 6) is -0.377. The molecule has 212 valence electrons. The first-order valence-electron chi connectivity index (χ1n) is 13.1. The van der Waals surface area contributed by atoms with Crippen LogP contribution in [0.25, 0.3) is 20.8 Å². The maximum absolute atomic E-state index is 13.7. The third kappa shape index (κ3) is 6.02. The van der Waals surface area contributed by atoms with E-state index in [-0.39, 0.29) is 34.5 Å². The van der Waals surface area contributed by atoms with Crippen LogP contribution in [0.5, 0.6) is 0 Å². The van der Waals surface area contributed by atoms with Gasteiger partial charge in [-0.15, -0.1) is 35.1 Å². The molecule has 0 spiro atoms. The Labute approximate surface area is 253 Å². The van der Waals surface area contributed by atoms with Gasteiger partial charge in [-0.3, -0.25) is 14.4 Å². The maximum atomic E-state index is 13.7. The number of sulfonamides is 1. The minimum atomic E-state index is -3.86. The number of fused-ring (bicyclic) bond motifs is 2. The van der Waals surface area contributed by atoms with Crippen molar-refractivity contribution in [2.75, 3.05) is 23.1 Å². The normalized spacial score (nSPS) is 13.4. The number of aromatic nitrogens is 1. The molecule has 0 fully saturated rings. The zero-order valence-corrected chi connectivity index (χ0v) is 25.6. The van der Waals surface area contributed by atoms with Gasteiger partial charge in [0.1, 0.15) is 10.0 Å². The molecule has 0 unspecified atom stereocenters. The zero-order valence-electron chi connectivity index (χ0n) is 22.3. The first-order valence-corrected chi connectivity index (χ1v) is 16.3. The second-order valence-corrected chi connectivity index (χ2v) is 13.5. The van der Waals surface area contributed by atoms with Crippen LogP contribution in [0, 0.1) is 0 Å². The number of benzene rings is 3. The molecule has 41 heavy (non-hydrogen) atoms. The molecule has 3 heterocycles. The smallest absolute Gasteiger partial charge is 0.261 e. The fourth-order valence-electron chi connectivity index (χ4n) is 5.00. The summed E-state index contributed by atoms with van der Waals surface area (Å²) in [5.41, 5.74) is 3.62. The predicted octanol–water partition coefficient (Wildman–Crippen LogP) is 7.27. The lowest BCUT2D eigenvalue weighted by molar-refractivity contribution is 0.102. The quantitative estimate of drug-likeness (QED) is 0.189. The molecule has 0 bridgehead atoms. The maximum Gasteiger partial charge on any atom is 0.261 e. The number of rotatable bonds is 8. The number of nitrogens with zero attached hydrogens (tertiary/aromatic N) is 2. The highest BCUT2D eigenvalue weighted by molar-refractivity contribution is 7.92. The van der Waals surface area contributed by atoms with Crippen LogP contribution in [0.15, 0.2) is 83.8 Å². The van der Waals surface area contributed by atoms with Crippen LogP contribution in [0.1, 0.15) is 34.1 Å². The van der Waals surface area contributed by atoms with Crippen molar-refractivity contribution in [1.82, 2.24) is 9.88 Å². The minimum Gasteiger partial charge on any atom is -0.313 e. The molecule has 0 saturated carbocycles. The van der Waals surface area contributed by atoms with E-state index in [2.05, 4.69) is 27.9 Å². The van der Waals surface area contributed by atoms with E-state index < -0.39 is 10.0 Å². The second kappa shape index (κ2) is 12.3. The highest BCUT2D eigenvalue weighted by atomic mass is 35.5. The van der Waals surface area contributed by atoms with Gasteiger partial charge in [0.15, 0.2) is 0 Å².